The van der Waals surface area contributed by atoms with Crippen molar-refractivity contribution in [2.75, 3.05) is 12.8 Å². The van der Waals surface area contributed by atoms with Gasteiger partial charge in [-0.15, -0.1) is 0 Å². The SMILES string of the molecule is CCc1c(Br)cc(C2c3ccc(N)cc3OC(N)C2C#N)cc1OC. The number of hydrogen-bond acceptors (Lipinski definition) is 5. The fourth-order valence-corrected chi connectivity index (χ4v) is 4.12. The van der Waals surface area contributed by atoms with Crippen molar-refractivity contribution in [3.63, 3.8) is 0 Å². The van der Waals surface area contributed by atoms with Crippen molar-refractivity contribution >= 4 is 21.6 Å². The average Bonchev–Trinajstić information content (AvgIpc) is 2.59. The molecule has 0 fully saturated rings. The molecular formula is C19H20BrN3O2. The Morgan fingerprint density at radius 3 is 2.72 bits per heavy atom. The summed E-state index contributed by atoms with van der Waals surface area (Å²) in [6.07, 6.45) is 0.117. The molecule has 0 bridgehead atoms. The van der Waals surface area contributed by atoms with E-state index < -0.39 is 12.1 Å². The topological polar surface area (TPSA) is 94.3 Å². The molecule has 3 atom stereocenters. The largest absolute Gasteiger partial charge is 0.496 e. The lowest BCUT2D eigenvalue weighted by atomic mass is 9.78. The zero-order valence-corrected chi connectivity index (χ0v) is 15.7. The minimum Gasteiger partial charge on any atom is -0.496 e. The Kier molecular flexibility index (Phi) is 4.89. The molecule has 0 radical (unpaired) electrons. The number of nitrogens with two attached hydrogens (primary N) is 2. The normalized spacial score (nSPS) is 21.8. The second kappa shape index (κ2) is 6.95. The molecule has 5 nitrogen and oxygen atoms in total. The highest BCUT2D eigenvalue weighted by atomic mass is 79.9. The number of benzene rings is 2. The van der Waals surface area contributed by atoms with Crippen LogP contribution in [0.3, 0.4) is 0 Å². The molecular weight excluding hydrogens is 382 g/mol. The summed E-state index contributed by atoms with van der Waals surface area (Å²) in [6, 6.07) is 11.8. The van der Waals surface area contributed by atoms with Crippen molar-refractivity contribution in [3.8, 4) is 17.6 Å². The van der Waals surface area contributed by atoms with Crippen LogP contribution in [0.15, 0.2) is 34.8 Å². The number of methoxy groups -OCH3 is 1. The first kappa shape index (κ1) is 17.6. The van der Waals surface area contributed by atoms with Gasteiger partial charge in [0, 0.05) is 33.3 Å². The molecule has 0 aromatic heterocycles. The van der Waals surface area contributed by atoms with E-state index in [9.17, 15) is 5.26 Å². The lowest BCUT2D eigenvalue weighted by Crippen LogP contribution is -2.42. The molecule has 2 aromatic carbocycles. The van der Waals surface area contributed by atoms with Crippen LogP contribution in [0.25, 0.3) is 0 Å². The van der Waals surface area contributed by atoms with Crippen LogP contribution >= 0.6 is 15.9 Å². The maximum absolute atomic E-state index is 9.69. The molecule has 0 aliphatic carbocycles. The fraction of sp³-hybridized carbons (Fsp3) is 0.316. The van der Waals surface area contributed by atoms with Crippen molar-refractivity contribution in [1.29, 1.82) is 5.26 Å². The van der Waals surface area contributed by atoms with Crippen LogP contribution in [0.4, 0.5) is 5.69 Å². The van der Waals surface area contributed by atoms with Gasteiger partial charge in [-0.2, -0.15) is 5.26 Å². The van der Waals surface area contributed by atoms with E-state index in [0.717, 1.165) is 33.3 Å². The van der Waals surface area contributed by atoms with Crippen molar-refractivity contribution in [2.24, 2.45) is 11.7 Å². The number of anilines is 1. The fourth-order valence-electron chi connectivity index (χ4n) is 3.38. The predicted molar refractivity (Wildman–Crippen MR) is 100 cm³/mol. The molecule has 2 aromatic rings. The molecule has 3 unspecified atom stereocenters. The van der Waals surface area contributed by atoms with Gasteiger partial charge in [-0.3, -0.25) is 5.73 Å². The van der Waals surface area contributed by atoms with Gasteiger partial charge in [0.2, 0.25) is 0 Å². The molecule has 25 heavy (non-hydrogen) atoms. The maximum Gasteiger partial charge on any atom is 0.164 e. The number of nitrogen functional groups attached to an aromatic ring is 1. The smallest absolute Gasteiger partial charge is 0.164 e. The van der Waals surface area contributed by atoms with Crippen LogP contribution in [0.1, 0.15) is 29.5 Å². The van der Waals surface area contributed by atoms with E-state index >= 15 is 0 Å². The first-order valence-corrected chi connectivity index (χ1v) is 8.87. The zero-order valence-electron chi connectivity index (χ0n) is 14.1. The summed E-state index contributed by atoms with van der Waals surface area (Å²) >= 11 is 3.63. The van der Waals surface area contributed by atoms with E-state index in [2.05, 4.69) is 28.9 Å². The molecule has 1 aliphatic heterocycles. The molecule has 1 aliphatic rings. The lowest BCUT2D eigenvalue weighted by molar-refractivity contribution is 0.135. The molecule has 3 rings (SSSR count). The summed E-state index contributed by atoms with van der Waals surface area (Å²) in [7, 11) is 1.65. The number of hydrogen-bond donors (Lipinski definition) is 2. The number of fused-ring (bicyclic) bond motifs is 1. The number of halogens is 1. The van der Waals surface area contributed by atoms with E-state index in [1.807, 2.05) is 24.3 Å². The highest BCUT2D eigenvalue weighted by Gasteiger charge is 2.38. The van der Waals surface area contributed by atoms with Crippen LogP contribution < -0.4 is 20.9 Å². The van der Waals surface area contributed by atoms with Crippen LogP contribution in [0.5, 0.6) is 11.5 Å². The summed E-state index contributed by atoms with van der Waals surface area (Å²) in [5, 5.41) is 9.69. The summed E-state index contributed by atoms with van der Waals surface area (Å²) in [6.45, 7) is 2.07. The van der Waals surface area contributed by atoms with Gasteiger partial charge in [0.05, 0.1) is 13.2 Å². The third kappa shape index (κ3) is 3.06. The summed E-state index contributed by atoms with van der Waals surface area (Å²) < 4.78 is 12.2. The number of nitrogens with zero attached hydrogens (tertiary/aromatic N) is 1. The van der Waals surface area contributed by atoms with Gasteiger partial charge in [0.15, 0.2) is 6.23 Å². The van der Waals surface area contributed by atoms with Crippen LogP contribution in [-0.4, -0.2) is 13.3 Å². The average molecular weight is 402 g/mol. The van der Waals surface area contributed by atoms with E-state index in [4.69, 9.17) is 20.9 Å². The Bertz CT molecular complexity index is 847. The highest BCUT2D eigenvalue weighted by molar-refractivity contribution is 9.10. The van der Waals surface area contributed by atoms with Gasteiger partial charge in [-0.05, 0) is 30.2 Å². The summed E-state index contributed by atoms with van der Waals surface area (Å²) in [5.74, 6) is 0.681. The molecule has 0 saturated heterocycles. The number of nitriles is 1. The molecule has 0 spiro atoms. The molecule has 0 saturated carbocycles. The van der Waals surface area contributed by atoms with Crippen LogP contribution in [-0.2, 0) is 6.42 Å². The Balaban J connectivity index is 2.21. The minimum atomic E-state index is -0.722. The molecule has 1 heterocycles. The first-order chi connectivity index (χ1) is 12.0. The van der Waals surface area contributed by atoms with Gasteiger partial charge in [0.1, 0.15) is 17.4 Å². The summed E-state index contributed by atoms with van der Waals surface area (Å²) in [4.78, 5) is 0. The molecule has 130 valence electrons. The van der Waals surface area contributed by atoms with Crippen molar-refractivity contribution in [2.45, 2.75) is 25.5 Å². The first-order valence-electron chi connectivity index (χ1n) is 8.07. The van der Waals surface area contributed by atoms with E-state index in [-0.39, 0.29) is 5.92 Å². The Hall–Kier alpha value is -2.23. The van der Waals surface area contributed by atoms with E-state index in [0.29, 0.717) is 11.4 Å². The van der Waals surface area contributed by atoms with Crippen molar-refractivity contribution in [1.82, 2.24) is 0 Å². The molecule has 0 amide bonds. The van der Waals surface area contributed by atoms with Crippen molar-refractivity contribution < 1.29 is 9.47 Å². The van der Waals surface area contributed by atoms with Crippen molar-refractivity contribution in [3.05, 3.63) is 51.5 Å². The van der Waals surface area contributed by atoms with Crippen LogP contribution in [0, 0.1) is 17.2 Å². The predicted octanol–water partition coefficient (Wildman–Crippen LogP) is 3.55. The van der Waals surface area contributed by atoms with Gasteiger partial charge < -0.3 is 15.2 Å². The maximum atomic E-state index is 9.69. The molecule has 4 N–H and O–H groups in total. The summed E-state index contributed by atoms with van der Waals surface area (Å²) in [5.41, 5.74) is 15.5. The third-order valence-electron chi connectivity index (χ3n) is 4.61. The van der Waals surface area contributed by atoms with Gasteiger partial charge in [-0.25, -0.2) is 0 Å². The Morgan fingerprint density at radius 2 is 2.08 bits per heavy atom. The third-order valence-corrected chi connectivity index (χ3v) is 5.31. The standard InChI is InChI=1S/C19H20BrN3O2/c1-3-12-15(20)6-10(7-16(12)24-2)18-13-5-4-11(22)8-17(13)25-19(23)14(18)9-21/h4-8,14,18-19H,3,22-23H2,1-2H3. The second-order valence-electron chi connectivity index (χ2n) is 6.05. The monoisotopic (exact) mass is 401 g/mol. The Labute approximate surface area is 155 Å². The highest BCUT2D eigenvalue weighted by Crippen LogP contribution is 2.45. The second-order valence-corrected chi connectivity index (χ2v) is 6.90. The van der Waals surface area contributed by atoms with Crippen LogP contribution in [0.2, 0.25) is 0 Å². The van der Waals surface area contributed by atoms with E-state index in [1.54, 1.807) is 13.2 Å². The zero-order chi connectivity index (χ0) is 18.1. The Morgan fingerprint density at radius 1 is 1.32 bits per heavy atom. The quantitative estimate of drug-likeness (QED) is 0.766. The van der Waals surface area contributed by atoms with Gasteiger partial charge in [0.25, 0.3) is 0 Å². The minimum absolute atomic E-state index is 0.222. The number of ether oxygens (including phenoxy) is 2. The van der Waals surface area contributed by atoms with Gasteiger partial charge in [-0.1, -0.05) is 28.9 Å². The molecule has 6 heteroatoms. The van der Waals surface area contributed by atoms with E-state index in [1.165, 1.54) is 0 Å². The lowest BCUT2D eigenvalue weighted by Gasteiger charge is -2.35. The number of rotatable bonds is 3. The van der Waals surface area contributed by atoms with Gasteiger partial charge >= 0.3 is 0 Å².